The number of thiophene rings is 1. The highest BCUT2D eigenvalue weighted by atomic mass is 35.5. The van der Waals surface area contributed by atoms with Crippen LogP contribution < -0.4 is 5.73 Å². The number of piperidine rings is 1. The summed E-state index contributed by atoms with van der Waals surface area (Å²) in [6, 6.07) is 2.16. The highest BCUT2D eigenvalue weighted by Gasteiger charge is 2.25. The second-order valence-corrected chi connectivity index (χ2v) is 6.89. The van der Waals surface area contributed by atoms with Crippen LogP contribution in [0.4, 0.5) is 0 Å². The Bertz CT molecular complexity index is 471. The fourth-order valence-electron chi connectivity index (χ4n) is 3.13. The molecule has 0 aliphatic carbocycles. The molecular formula is C15H24ClN3OS. The summed E-state index contributed by atoms with van der Waals surface area (Å²) in [5.41, 5.74) is 7.05. The lowest BCUT2D eigenvalue weighted by Gasteiger charge is -2.33. The molecule has 0 atom stereocenters. The molecule has 1 fully saturated rings. The summed E-state index contributed by atoms with van der Waals surface area (Å²) in [7, 11) is 0. The highest BCUT2D eigenvalue weighted by molar-refractivity contribution is 7.10. The molecule has 0 saturated carbocycles. The van der Waals surface area contributed by atoms with E-state index in [4.69, 9.17) is 5.73 Å². The van der Waals surface area contributed by atoms with Crippen LogP contribution in [0.5, 0.6) is 0 Å². The van der Waals surface area contributed by atoms with E-state index in [0.29, 0.717) is 12.5 Å². The minimum atomic E-state index is 0. The zero-order valence-electron chi connectivity index (χ0n) is 12.3. The van der Waals surface area contributed by atoms with E-state index in [1.807, 2.05) is 16.2 Å². The van der Waals surface area contributed by atoms with Crippen molar-refractivity contribution >= 4 is 29.7 Å². The van der Waals surface area contributed by atoms with Gasteiger partial charge in [-0.2, -0.15) is 0 Å². The second-order valence-electron chi connectivity index (χ2n) is 5.89. The molecule has 4 nitrogen and oxygen atoms in total. The molecule has 2 N–H and O–H groups in total. The molecule has 1 amide bonds. The highest BCUT2D eigenvalue weighted by Crippen LogP contribution is 2.24. The predicted molar refractivity (Wildman–Crippen MR) is 88.9 cm³/mol. The van der Waals surface area contributed by atoms with Gasteiger partial charge < -0.3 is 10.6 Å². The maximum absolute atomic E-state index is 12.4. The normalized spacial score (nSPS) is 20.0. The van der Waals surface area contributed by atoms with Gasteiger partial charge in [0.2, 0.25) is 5.91 Å². The molecule has 0 unspecified atom stereocenters. The smallest absolute Gasteiger partial charge is 0.237 e. The third-order valence-electron chi connectivity index (χ3n) is 4.56. The molecule has 0 aromatic carbocycles. The Labute approximate surface area is 136 Å². The van der Waals surface area contributed by atoms with Crippen LogP contribution in [0.15, 0.2) is 11.4 Å². The lowest BCUT2D eigenvalue weighted by Crippen LogP contribution is -2.45. The maximum Gasteiger partial charge on any atom is 0.237 e. The molecular weight excluding hydrogens is 306 g/mol. The lowest BCUT2D eigenvalue weighted by atomic mass is 9.97. The van der Waals surface area contributed by atoms with E-state index in [9.17, 15) is 4.79 Å². The van der Waals surface area contributed by atoms with Gasteiger partial charge in [0.05, 0.1) is 6.54 Å². The van der Waals surface area contributed by atoms with Gasteiger partial charge in [-0.15, -0.1) is 23.7 Å². The van der Waals surface area contributed by atoms with E-state index in [1.54, 1.807) is 0 Å². The third-order valence-corrected chi connectivity index (χ3v) is 5.58. The van der Waals surface area contributed by atoms with E-state index in [2.05, 4.69) is 16.3 Å². The molecule has 1 aromatic rings. The molecule has 0 bridgehead atoms. The number of nitrogens with two attached hydrogens (primary N) is 1. The number of carbonyl (C=O) groups is 1. The van der Waals surface area contributed by atoms with Gasteiger partial charge in [0.25, 0.3) is 0 Å². The monoisotopic (exact) mass is 329 g/mol. The number of likely N-dealkylation sites (tertiary alicyclic amines) is 1. The van der Waals surface area contributed by atoms with Crippen LogP contribution in [0.25, 0.3) is 0 Å². The first-order valence-corrected chi connectivity index (χ1v) is 8.39. The number of rotatable bonds is 3. The first-order chi connectivity index (χ1) is 9.76. The molecule has 0 spiro atoms. The van der Waals surface area contributed by atoms with Crippen LogP contribution in [0.1, 0.15) is 23.3 Å². The van der Waals surface area contributed by atoms with Gasteiger partial charge in [-0.1, -0.05) is 0 Å². The topological polar surface area (TPSA) is 49.6 Å². The average molecular weight is 330 g/mol. The van der Waals surface area contributed by atoms with Crippen LogP contribution >= 0.6 is 23.7 Å². The summed E-state index contributed by atoms with van der Waals surface area (Å²) in [6.07, 6.45) is 3.30. The number of halogens is 1. The number of carbonyl (C=O) groups excluding carboxylic acids is 1. The summed E-state index contributed by atoms with van der Waals surface area (Å²) < 4.78 is 0. The molecule has 118 valence electrons. The van der Waals surface area contributed by atoms with Crippen molar-refractivity contribution in [2.45, 2.75) is 25.8 Å². The average Bonchev–Trinajstić information content (AvgIpc) is 2.95. The standard InChI is InChI=1S/C15H23N3OS.ClH/c16-9-12-1-5-17(6-2-12)11-15(19)18-7-3-14-13(10-18)4-8-20-14;/h4,8,12H,1-3,5-7,9-11,16H2;1H. The molecule has 1 saturated heterocycles. The number of fused-ring (bicyclic) bond motifs is 1. The van der Waals surface area contributed by atoms with Crippen molar-refractivity contribution in [3.63, 3.8) is 0 Å². The molecule has 2 aliphatic heterocycles. The third kappa shape index (κ3) is 3.97. The van der Waals surface area contributed by atoms with Crippen LogP contribution in [0.3, 0.4) is 0 Å². The van der Waals surface area contributed by atoms with Crippen molar-refractivity contribution in [1.29, 1.82) is 0 Å². The number of hydrogen-bond donors (Lipinski definition) is 1. The van der Waals surface area contributed by atoms with Crippen LogP contribution in [-0.4, -0.2) is 48.4 Å². The van der Waals surface area contributed by atoms with E-state index < -0.39 is 0 Å². The van der Waals surface area contributed by atoms with Crippen molar-refractivity contribution in [3.05, 3.63) is 21.9 Å². The van der Waals surface area contributed by atoms with E-state index in [-0.39, 0.29) is 18.3 Å². The Kier molecular flexibility index (Phi) is 6.05. The zero-order chi connectivity index (χ0) is 13.9. The molecule has 0 radical (unpaired) electrons. The van der Waals surface area contributed by atoms with Crippen molar-refractivity contribution in [3.8, 4) is 0 Å². The number of nitrogens with zero attached hydrogens (tertiary/aromatic N) is 2. The summed E-state index contributed by atoms with van der Waals surface area (Å²) in [6.45, 7) is 5.09. The van der Waals surface area contributed by atoms with Crippen molar-refractivity contribution in [2.75, 3.05) is 32.7 Å². The van der Waals surface area contributed by atoms with Gasteiger partial charge in [0.1, 0.15) is 0 Å². The first-order valence-electron chi connectivity index (χ1n) is 7.51. The van der Waals surface area contributed by atoms with Crippen LogP contribution in [0.2, 0.25) is 0 Å². The summed E-state index contributed by atoms with van der Waals surface area (Å²) >= 11 is 1.82. The van der Waals surface area contributed by atoms with E-state index in [0.717, 1.165) is 52.0 Å². The zero-order valence-corrected chi connectivity index (χ0v) is 13.9. The van der Waals surface area contributed by atoms with Gasteiger partial charge in [0, 0.05) is 18.0 Å². The fraction of sp³-hybridized carbons (Fsp3) is 0.667. The Morgan fingerprint density at radius 1 is 1.33 bits per heavy atom. The second kappa shape index (κ2) is 7.58. The largest absolute Gasteiger partial charge is 0.337 e. The Balaban J connectivity index is 0.00000161. The number of amides is 1. The van der Waals surface area contributed by atoms with E-state index >= 15 is 0 Å². The van der Waals surface area contributed by atoms with Gasteiger partial charge in [-0.05, 0) is 61.8 Å². The number of hydrogen-bond acceptors (Lipinski definition) is 4. The first kappa shape index (κ1) is 16.7. The van der Waals surface area contributed by atoms with Crippen molar-refractivity contribution < 1.29 is 4.79 Å². The lowest BCUT2D eigenvalue weighted by molar-refractivity contribution is -0.133. The van der Waals surface area contributed by atoms with Crippen molar-refractivity contribution in [2.24, 2.45) is 11.7 Å². The van der Waals surface area contributed by atoms with Crippen molar-refractivity contribution in [1.82, 2.24) is 9.80 Å². The minimum Gasteiger partial charge on any atom is -0.337 e. The molecule has 3 heterocycles. The predicted octanol–water partition coefficient (Wildman–Crippen LogP) is 1.73. The SMILES string of the molecule is Cl.NCC1CCN(CC(=O)N2CCc3sccc3C2)CC1. The summed E-state index contributed by atoms with van der Waals surface area (Å²) in [5, 5.41) is 2.14. The Morgan fingerprint density at radius 3 is 2.81 bits per heavy atom. The van der Waals surface area contributed by atoms with Gasteiger partial charge >= 0.3 is 0 Å². The van der Waals surface area contributed by atoms with Gasteiger partial charge in [-0.3, -0.25) is 9.69 Å². The quantitative estimate of drug-likeness (QED) is 0.918. The molecule has 3 rings (SSSR count). The van der Waals surface area contributed by atoms with Crippen LogP contribution in [0, 0.1) is 5.92 Å². The van der Waals surface area contributed by atoms with E-state index in [1.165, 1.54) is 10.4 Å². The van der Waals surface area contributed by atoms with Crippen LogP contribution in [-0.2, 0) is 17.8 Å². The molecule has 6 heteroatoms. The molecule has 21 heavy (non-hydrogen) atoms. The fourth-order valence-corrected chi connectivity index (χ4v) is 4.02. The molecule has 1 aromatic heterocycles. The summed E-state index contributed by atoms with van der Waals surface area (Å²) in [5.74, 6) is 0.942. The Hall–Kier alpha value is -0.620. The summed E-state index contributed by atoms with van der Waals surface area (Å²) in [4.78, 5) is 18.2. The Morgan fingerprint density at radius 2 is 2.10 bits per heavy atom. The van der Waals surface area contributed by atoms with Gasteiger partial charge in [-0.25, -0.2) is 0 Å². The molecule has 2 aliphatic rings. The minimum absolute atomic E-state index is 0. The van der Waals surface area contributed by atoms with Gasteiger partial charge in [0.15, 0.2) is 0 Å². The maximum atomic E-state index is 12.4.